The van der Waals surface area contributed by atoms with E-state index in [-0.39, 0.29) is 5.91 Å². The maximum absolute atomic E-state index is 12.6. The van der Waals surface area contributed by atoms with Crippen LogP contribution in [0.15, 0.2) is 79.0 Å². The van der Waals surface area contributed by atoms with Crippen molar-refractivity contribution in [2.75, 3.05) is 12.4 Å². The number of benzene rings is 3. The molecule has 1 heterocycles. The van der Waals surface area contributed by atoms with Gasteiger partial charge in [-0.25, -0.2) is 4.98 Å². The van der Waals surface area contributed by atoms with E-state index < -0.39 is 6.10 Å². The van der Waals surface area contributed by atoms with Crippen LogP contribution in [0.25, 0.3) is 22.3 Å². The lowest BCUT2D eigenvalue weighted by Gasteiger charge is -2.17. The number of fused-ring (bicyclic) bond motifs is 1. The standard InChI is InChI=1S/C25H23N3O3/c1-3-24(25(29)27-18-10-14-19(30-2)15-11-18)31-20-12-8-17(9-13-20)23-16-26-21-6-4-5-7-22(21)28-23/h4-16,24H,3H2,1-2H3,(H,27,29). The molecule has 0 radical (unpaired) electrons. The van der Waals surface area contributed by atoms with Crippen molar-refractivity contribution in [3.8, 4) is 22.8 Å². The average Bonchev–Trinajstić information content (AvgIpc) is 2.83. The fraction of sp³-hybridized carbons (Fsp3) is 0.160. The average molecular weight is 413 g/mol. The van der Waals surface area contributed by atoms with Crippen molar-refractivity contribution in [1.29, 1.82) is 0 Å². The highest BCUT2D eigenvalue weighted by molar-refractivity contribution is 5.94. The van der Waals surface area contributed by atoms with E-state index in [2.05, 4.69) is 15.3 Å². The second kappa shape index (κ2) is 9.26. The predicted molar refractivity (Wildman–Crippen MR) is 121 cm³/mol. The van der Waals surface area contributed by atoms with E-state index in [1.54, 1.807) is 37.6 Å². The second-order valence-corrected chi connectivity index (χ2v) is 7.00. The maximum atomic E-state index is 12.6. The quantitative estimate of drug-likeness (QED) is 0.456. The number of methoxy groups -OCH3 is 1. The first kappa shape index (κ1) is 20.3. The molecule has 0 saturated heterocycles. The van der Waals surface area contributed by atoms with Crippen molar-refractivity contribution in [3.05, 3.63) is 79.0 Å². The summed E-state index contributed by atoms with van der Waals surface area (Å²) in [5.74, 6) is 1.16. The summed E-state index contributed by atoms with van der Waals surface area (Å²) >= 11 is 0. The SMILES string of the molecule is CCC(Oc1ccc(-c2cnc3ccccc3n2)cc1)C(=O)Nc1ccc(OC)cc1. The van der Waals surface area contributed by atoms with E-state index >= 15 is 0 Å². The Bertz CT molecular complexity index is 1170. The summed E-state index contributed by atoms with van der Waals surface area (Å²) in [5, 5.41) is 2.88. The van der Waals surface area contributed by atoms with Crippen LogP contribution >= 0.6 is 0 Å². The van der Waals surface area contributed by atoms with E-state index in [1.807, 2.05) is 55.5 Å². The van der Waals surface area contributed by atoms with Gasteiger partial charge in [0.15, 0.2) is 6.10 Å². The van der Waals surface area contributed by atoms with Crippen LogP contribution in [0.5, 0.6) is 11.5 Å². The Morgan fingerprint density at radius 2 is 1.61 bits per heavy atom. The number of hydrogen-bond acceptors (Lipinski definition) is 5. The van der Waals surface area contributed by atoms with Crippen molar-refractivity contribution >= 4 is 22.6 Å². The number of nitrogens with zero attached hydrogens (tertiary/aromatic N) is 2. The van der Waals surface area contributed by atoms with Crippen molar-refractivity contribution in [1.82, 2.24) is 9.97 Å². The summed E-state index contributed by atoms with van der Waals surface area (Å²) in [7, 11) is 1.60. The van der Waals surface area contributed by atoms with Crippen molar-refractivity contribution in [3.63, 3.8) is 0 Å². The van der Waals surface area contributed by atoms with Gasteiger partial charge in [0.25, 0.3) is 5.91 Å². The van der Waals surface area contributed by atoms with Gasteiger partial charge in [-0.05, 0) is 67.1 Å². The van der Waals surface area contributed by atoms with Crippen LogP contribution in [0, 0.1) is 0 Å². The predicted octanol–water partition coefficient (Wildman–Crippen LogP) is 5.10. The molecule has 0 aliphatic heterocycles. The van der Waals surface area contributed by atoms with Crippen molar-refractivity contribution in [2.45, 2.75) is 19.4 Å². The minimum Gasteiger partial charge on any atom is -0.497 e. The summed E-state index contributed by atoms with van der Waals surface area (Å²) in [6.07, 6.45) is 1.70. The number of para-hydroxylation sites is 2. The third kappa shape index (κ3) is 4.80. The molecule has 0 fully saturated rings. The molecule has 0 aliphatic rings. The number of aromatic nitrogens is 2. The highest BCUT2D eigenvalue weighted by atomic mass is 16.5. The minimum absolute atomic E-state index is 0.197. The van der Waals surface area contributed by atoms with E-state index in [4.69, 9.17) is 9.47 Å². The van der Waals surface area contributed by atoms with Crippen molar-refractivity contribution < 1.29 is 14.3 Å². The highest BCUT2D eigenvalue weighted by Gasteiger charge is 2.18. The Hall–Kier alpha value is -3.93. The first-order valence-corrected chi connectivity index (χ1v) is 10.1. The number of carbonyl (C=O) groups excluding carboxylic acids is 1. The van der Waals surface area contributed by atoms with Crippen LogP contribution in [0.2, 0.25) is 0 Å². The fourth-order valence-electron chi connectivity index (χ4n) is 3.18. The molecule has 1 unspecified atom stereocenters. The molecule has 31 heavy (non-hydrogen) atoms. The lowest BCUT2D eigenvalue weighted by Crippen LogP contribution is -2.32. The normalized spacial score (nSPS) is 11.7. The summed E-state index contributed by atoms with van der Waals surface area (Å²) in [6.45, 7) is 1.91. The van der Waals surface area contributed by atoms with Crippen LogP contribution in [0.4, 0.5) is 5.69 Å². The van der Waals surface area contributed by atoms with Gasteiger partial charge in [-0.15, -0.1) is 0 Å². The van der Waals surface area contributed by atoms with E-state index in [0.717, 1.165) is 28.0 Å². The topological polar surface area (TPSA) is 73.3 Å². The molecule has 156 valence electrons. The fourth-order valence-corrected chi connectivity index (χ4v) is 3.18. The summed E-state index contributed by atoms with van der Waals surface area (Å²) in [5.41, 5.74) is 4.12. The molecule has 0 bridgehead atoms. The molecule has 3 aromatic carbocycles. The van der Waals surface area contributed by atoms with Crippen LogP contribution < -0.4 is 14.8 Å². The molecule has 6 heteroatoms. The molecule has 1 amide bonds. The van der Waals surface area contributed by atoms with E-state index in [9.17, 15) is 4.79 Å². The number of ether oxygens (including phenoxy) is 2. The van der Waals surface area contributed by atoms with E-state index in [0.29, 0.717) is 17.9 Å². The van der Waals surface area contributed by atoms with Crippen molar-refractivity contribution in [2.24, 2.45) is 0 Å². The van der Waals surface area contributed by atoms with Gasteiger partial charge < -0.3 is 14.8 Å². The molecular weight excluding hydrogens is 390 g/mol. The van der Waals surface area contributed by atoms with Gasteiger partial charge in [0.2, 0.25) is 0 Å². The van der Waals surface area contributed by atoms with Gasteiger partial charge in [-0.1, -0.05) is 19.1 Å². The molecule has 4 rings (SSSR count). The third-order valence-electron chi connectivity index (χ3n) is 4.90. The lowest BCUT2D eigenvalue weighted by atomic mass is 10.1. The largest absolute Gasteiger partial charge is 0.497 e. The van der Waals surface area contributed by atoms with Gasteiger partial charge >= 0.3 is 0 Å². The summed E-state index contributed by atoms with van der Waals surface area (Å²) < 4.78 is 11.1. The zero-order chi connectivity index (χ0) is 21.6. The molecule has 1 atom stereocenters. The molecule has 0 saturated carbocycles. The first-order valence-electron chi connectivity index (χ1n) is 10.1. The highest BCUT2D eigenvalue weighted by Crippen LogP contribution is 2.23. The van der Waals surface area contributed by atoms with Gasteiger partial charge in [0.1, 0.15) is 11.5 Å². The molecule has 1 N–H and O–H groups in total. The summed E-state index contributed by atoms with van der Waals surface area (Å²) in [4.78, 5) is 21.8. The number of carbonyl (C=O) groups is 1. The third-order valence-corrected chi connectivity index (χ3v) is 4.90. The summed E-state index contributed by atoms with van der Waals surface area (Å²) in [6, 6.07) is 22.5. The number of rotatable bonds is 7. The zero-order valence-electron chi connectivity index (χ0n) is 17.4. The second-order valence-electron chi connectivity index (χ2n) is 7.00. The first-order chi connectivity index (χ1) is 15.2. The number of nitrogens with one attached hydrogen (secondary N) is 1. The molecular formula is C25H23N3O3. The van der Waals surface area contributed by atoms with Crippen LogP contribution in [-0.2, 0) is 4.79 Å². The number of amides is 1. The maximum Gasteiger partial charge on any atom is 0.265 e. The molecule has 0 aliphatic carbocycles. The molecule has 1 aromatic heterocycles. The number of anilines is 1. The Labute approximate surface area is 180 Å². The van der Waals surface area contributed by atoms with Gasteiger partial charge in [-0.3, -0.25) is 9.78 Å². The van der Waals surface area contributed by atoms with Crippen LogP contribution in [0.3, 0.4) is 0 Å². The van der Waals surface area contributed by atoms with E-state index in [1.165, 1.54) is 0 Å². The Morgan fingerprint density at radius 1 is 0.935 bits per heavy atom. The Morgan fingerprint density at radius 3 is 2.29 bits per heavy atom. The van der Waals surface area contributed by atoms with Gasteiger partial charge in [0, 0.05) is 11.3 Å². The zero-order valence-corrected chi connectivity index (χ0v) is 17.4. The lowest BCUT2D eigenvalue weighted by molar-refractivity contribution is -0.122. The number of hydrogen-bond donors (Lipinski definition) is 1. The van der Waals surface area contributed by atoms with Gasteiger partial charge in [0.05, 0.1) is 30.0 Å². The van der Waals surface area contributed by atoms with Gasteiger partial charge in [-0.2, -0.15) is 0 Å². The monoisotopic (exact) mass is 413 g/mol. The molecule has 4 aromatic rings. The van der Waals surface area contributed by atoms with Crippen LogP contribution in [-0.4, -0.2) is 29.1 Å². The smallest absolute Gasteiger partial charge is 0.265 e. The molecule has 6 nitrogen and oxygen atoms in total. The van der Waals surface area contributed by atoms with Crippen LogP contribution in [0.1, 0.15) is 13.3 Å². The Kier molecular flexibility index (Phi) is 6.08. The Balaban J connectivity index is 1.44. The minimum atomic E-state index is -0.603. The molecule has 0 spiro atoms.